The molecule has 1 aromatic heterocycles. The van der Waals surface area contributed by atoms with Crippen LogP contribution in [0.4, 0.5) is 5.69 Å². The highest BCUT2D eigenvalue weighted by Gasteiger charge is 2.05. The number of hydrogen-bond donors (Lipinski definition) is 2. The maximum absolute atomic E-state index is 5.83. The Hall–Kier alpha value is -2.17. The van der Waals surface area contributed by atoms with E-state index in [1.54, 1.807) is 18.2 Å². The summed E-state index contributed by atoms with van der Waals surface area (Å²) < 4.78 is 11.1. The average molecular weight is 247 g/mol. The molecule has 0 saturated heterocycles. The molecule has 1 aromatic carbocycles. The van der Waals surface area contributed by atoms with E-state index < -0.39 is 0 Å². The summed E-state index contributed by atoms with van der Waals surface area (Å²) >= 11 is 0. The molecule has 2 aromatic rings. The number of aromatic amines is 1. The molecule has 3 N–H and O–H groups in total. The van der Waals surface area contributed by atoms with Crippen molar-refractivity contribution < 1.29 is 9.47 Å². The number of ether oxygens (including phenoxy) is 2. The van der Waals surface area contributed by atoms with Crippen LogP contribution < -0.4 is 15.2 Å². The van der Waals surface area contributed by atoms with Crippen molar-refractivity contribution in [2.45, 2.75) is 20.3 Å². The van der Waals surface area contributed by atoms with Gasteiger partial charge < -0.3 is 15.2 Å². The van der Waals surface area contributed by atoms with E-state index >= 15 is 0 Å². The predicted octanol–water partition coefficient (Wildman–Crippen LogP) is 2.88. The van der Waals surface area contributed by atoms with Gasteiger partial charge in [0.25, 0.3) is 0 Å². The van der Waals surface area contributed by atoms with Crippen LogP contribution in [0, 0.1) is 6.92 Å². The molecule has 0 aliphatic rings. The quantitative estimate of drug-likeness (QED) is 0.797. The van der Waals surface area contributed by atoms with Gasteiger partial charge in [0, 0.05) is 17.8 Å². The Kier molecular flexibility index (Phi) is 3.72. The fourth-order valence-electron chi connectivity index (χ4n) is 1.48. The number of hydrogen-bond acceptors (Lipinski definition) is 4. The Balaban J connectivity index is 2.13. The average Bonchev–Trinajstić information content (AvgIpc) is 2.75. The van der Waals surface area contributed by atoms with Crippen LogP contribution in [0.5, 0.6) is 17.4 Å². The number of benzene rings is 1. The number of nitrogen functional groups attached to an aromatic ring is 1. The van der Waals surface area contributed by atoms with Crippen molar-refractivity contribution in [3.63, 3.8) is 0 Å². The largest absolute Gasteiger partial charge is 0.491 e. The lowest BCUT2D eigenvalue weighted by molar-refractivity contribution is 0.317. The zero-order valence-corrected chi connectivity index (χ0v) is 10.6. The lowest BCUT2D eigenvalue weighted by atomic mass is 10.3. The van der Waals surface area contributed by atoms with Crippen LogP contribution >= 0.6 is 0 Å². The van der Waals surface area contributed by atoms with E-state index in [0.717, 1.165) is 12.1 Å². The molecule has 5 nitrogen and oxygen atoms in total. The predicted molar refractivity (Wildman–Crippen MR) is 70.0 cm³/mol. The number of aryl methyl sites for hydroxylation is 1. The number of anilines is 1. The highest BCUT2D eigenvalue weighted by molar-refractivity contribution is 5.56. The first-order chi connectivity index (χ1) is 8.69. The van der Waals surface area contributed by atoms with E-state index in [9.17, 15) is 0 Å². The normalized spacial score (nSPS) is 10.3. The second-order valence-corrected chi connectivity index (χ2v) is 4.04. The van der Waals surface area contributed by atoms with Gasteiger partial charge in [0.1, 0.15) is 11.5 Å². The van der Waals surface area contributed by atoms with Crippen LogP contribution in [-0.4, -0.2) is 16.8 Å². The first kappa shape index (κ1) is 12.3. The number of nitrogens with zero attached hydrogens (tertiary/aromatic N) is 1. The summed E-state index contributed by atoms with van der Waals surface area (Å²) in [6, 6.07) is 7.15. The van der Waals surface area contributed by atoms with Crippen molar-refractivity contribution in [2.75, 3.05) is 12.3 Å². The van der Waals surface area contributed by atoms with Crippen molar-refractivity contribution in [2.24, 2.45) is 0 Å². The molecule has 96 valence electrons. The first-order valence-electron chi connectivity index (χ1n) is 5.91. The third kappa shape index (κ3) is 2.94. The minimum Gasteiger partial charge on any atom is -0.491 e. The molecule has 0 aliphatic heterocycles. The maximum Gasteiger partial charge on any atom is 0.238 e. The molecule has 1 heterocycles. The Labute approximate surface area is 106 Å². The van der Waals surface area contributed by atoms with Gasteiger partial charge in [0.15, 0.2) is 0 Å². The summed E-state index contributed by atoms with van der Waals surface area (Å²) in [4.78, 5) is 0. The number of nitrogens with one attached hydrogen (secondary N) is 1. The fourth-order valence-corrected chi connectivity index (χ4v) is 1.48. The van der Waals surface area contributed by atoms with Crippen molar-refractivity contribution >= 4 is 5.69 Å². The van der Waals surface area contributed by atoms with Gasteiger partial charge in [-0.25, -0.2) is 0 Å². The van der Waals surface area contributed by atoms with E-state index in [1.807, 2.05) is 19.9 Å². The van der Waals surface area contributed by atoms with Crippen molar-refractivity contribution in [3.8, 4) is 17.4 Å². The lowest BCUT2D eigenvalue weighted by Gasteiger charge is -2.09. The Bertz CT molecular complexity index is 523. The molecule has 0 amide bonds. The van der Waals surface area contributed by atoms with Crippen LogP contribution in [0.1, 0.15) is 19.0 Å². The third-order valence-electron chi connectivity index (χ3n) is 2.35. The molecule has 0 aliphatic carbocycles. The van der Waals surface area contributed by atoms with E-state index in [-0.39, 0.29) is 0 Å². The Morgan fingerprint density at radius 1 is 1.33 bits per heavy atom. The van der Waals surface area contributed by atoms with Crippen LogP contribution in [0.25, 0.3) is 0 Å². The standard InChI is InChI=1S/C13H17N3O2/c1-3-6-17-12-8-10(4-5-11(12)14)18-13-7-9(2)15-16-13/h4-5,7-8H,3,6,14H2,1-2H3,(H,15,16). The SMILES string of the molecule is CCCOc1cc(Oc2cc(C)[nH]n2)ccc1N. The van der Waals surface area contributed by atoms with Gasteiger partial charge >= 0.3 is 0 Å². The van der Waals surface area contributed by atoms with Gasteiger partial charge in [-0.15, -0.1) is 5.10 Å². The van der Waals surface area contributed by atoms with Crippen molar-refractivity contribution in [1.29, 1.82) is 0 Å². The van der Waals surface area contributed by atoms with Crippen LogP contribution in [-0.2, 0) is 0 Å². The molecule has 0 unspecified atom stereocenters. The van der Waals surface area contributed by atoms with Crippen LogP contribution in [0.2, 0.25) is 0 Å². The molecular weight excluding hydrogens is 230 g/mol. The van der Waals surface area contributed by atoms with E-state index in [1.165, 1.54) is 0 Å². The molecule has 2 rings (SSSR count). The topological polar surface area (TPSA) is 73.2 Å². The van der Waals surface area contributed by atoms with Gasteiger partial charge in [-0.3, -0.25) is 5.10 Å². The number of aromatic nitrogens is 2. The maximum atomic E-state index is 5.83. The first-order valence-corrected chi connectivity index (χ1v) is 5.91. The summed E-state index contributed by atoms with van der Waals surface area (Å²) in [5.74, 6) is 1.82. The molecule has 0 fully saturated rings. The lowest BCUT2D eigenvalue weighted by Crippen LogP contribution is -1.99. The molecule has 18 heavy (non-hydrogen) atoms. The molecular formula is C13H17N3O2. The second-order valence-electron chi connectivity index (χ2n) is 4.04. The van der Waals surface area contributed by atoms with Gasteiger partial charge in [-0.2, -0.15) is 0 Å². The molecule has 5 heteroatoms. The molecule has 0 radical (unpaired) electrons. The molecule has 0 spiro atoms. The van der Waals surface area contributed by atoms with Gasteiger partial charge in [0.2, 0.25) is 5.88 Å². The second kappa shape index (κ2) is 5.44. The number of H-pyrrole nitrogens is 1. The molecule has 0 saturated carbocycles. The third-order valence-corrected chi connectivity index (χ3v) is 2.35. The number of rotatable bonds is 5. The van der Waals surface area contributed by atoms with Crippen LogP contribution in [0.3, 0.4) is 0 Å². The Morgan fingerprint density at radius 3 is 2.83 bits per heavy atom. The Morgan fingerprint density at radius 2 is 2.17 bits per heavy atom. The molecule has 0 atom stereocenters. The van der Waals surface area contributed by atoms with E-state index in [4.69, 9.17) is 15.2 Å². The summed E-state index contributed by atoms with van der Waals surface area (Å²) in [6.45, 7) is 4.59. The summed E-state index contributed by atoms with van der Waals surface area (Å²) in [6.07, 6.45) is 0.934. The van der Waals surface area contributed by atoms with E-state index in [2.05, 4.69) is 10.2 Å². The fraction of sp³-hybridized carbons (Fsp3) is 0.308. The van der Waals surface area contributed by atoms with Gasteiger partial charge in [0.05, 0.1) is 12.3 Å². The smallest absolute Gasteiger partial charge is 0.238 e. The minimum atomic E-state index is 0.527. The highest BCUT2D eigenvalue weighted by atomic mass is 16.5. The summed E-state index contributed by atoms with van der Waals surface area (Å²) in [5, 5.41) is 6.82. The van der Waals surface area contributed by atoms with E-state index in [0.29, 0.717) is 29.7 Å². The molecule has 0 bridgehead atoms. The van der Waals surface area contributed by atoms with Gasteiger partial charge in [-0.1, -0.05) is 6.92 Å². The van der Waals surface area contributed by atoms with Crippen molar-refractivity contribution in [3.05, 3.63) is 30.0 Å². The highest BCUT2D eigenvalue weighted by Crippen LogP contribution is 2.29. The van der Waals surface area contributed by atoms with Crippen LogP contribution in [0.15, 0.2) is 24.3 Å². The minimum absolute atomic E-state index is 0.527. The summed E-state index contributed by atoms with van der Waals surface area (Å²) in [7, 11) is 0. The van der Waals surface area contributed by atoms with Crippen molar-refractivity contribution in [1.82, 2.24) is 10.2 Å². The zero-order chi connectivity index (χ0) is 13.0. The monoisotopic (exact) mass is 247 g/mol. The zero-order valence-electron chi connectivity index (χ0n) is 10.6. The van der Waals surface area contributed by atoms with Gasteiger partial charge in [-0.05, 0) is 25.5 Å². The summed E-state index contributed by atoms with van der Waals surface area (Å²) in [5.41, 5.74) is 7.38. The number of nitrogens with two attached hydrogens (primary N) is 1.